The fourth-order valence-corrected chi connectivity index (χ4v) is 3.94. The van der Waals surface area contributed by atoms with Crippen LogP contribution < -0.4 is 4.90 Å². The zero-order valence-electron chi connectivity index (χ0n) is 14.7. The lowest BCUT2D eigenvalue weighted by Crippen LogP contribution is -2.49. The van der Waals surface area contributed by atoms with Crippen LogP contribution in [0.2, 0.25) is 5.02 Å². The maximum atomic E-state index is 12.5. The Morgan fingerprint density at radius 1 is 1.00 bits per heavy atom. The van der Waals surface area contributed by atoms with Crippen molar-refractivity contribution in [1.82, 2.24) is 15.1 Å². The maximum absolute atomic E-state index is 12.5. The zero-order chi connectivity index (χ0) is 18.6. The Labute approximate surface area is 167 Å². The van der Waals surface area contributed by atoms with Crippen molar-refractivity contribution in [3.05, 3.63) is 64.5 Å². The van der Waals surface area contributed by atoms with E-state index in [1.165, 1.54) is 0 Å². The Morgan fingerprint density at radius 3 is 2.41 bits per heavy atom. The van der Waals surface area contributed by atoms with Gasteiger partial charge in [-0.2, -0.15) is 0 Å². The molecule has 1 aromatic carbocycles. The Bertz CT molecular complexity index is 889. The number of carbonyl (C=O) groups is 1. The molecule has 7 heteroatoms. The van der Waals surface area contributed by atoms with Crippen molar-refractivity contribution in [3.8, 4) is 10.6 Å². The van der Waals surface area contributed by atoms with Crippen LogP contribution in [0.1, 0.15) is 5.56 Å². The van der Waals surface area contributed by atoms with Gasteiger partial charge in [0.2, 0.25) is 5.91 Å². The van der Waals surface area contributed by atoms with E-state index in [-0.39, 0.29) is 5.91 Å². The number of carbonyl (C=O) groups excluding carboxylic acids is 1. The first kappa shape index (κ1) is 17.9. The first-order valence-corrected chi connectivity index (χ1v) is 10.1. The minimum Gasteiger partial charge on any atom is -0.352 e. The summed E-state index contributed by atoms with van der Waals surface area (Å²) in [4.78, 5) is 17.7. The van der Waals surface area contributed by atoms with Gasteiger partial charge in [-0.15, -0.1) is 21.5 Å². The number of amides is 1. The number of anilines is 1. The van der Waals surface area contributed by atoms with E-state index < -0.39 is 0 Å². The summed E-state index contributed by atoms with van der Waals surface area (Å²) in [6.45, 7) is 2.92. The van der Waals surface area contributed by atoms with Crippen LogP contribution in [0.15, 0.2) is 53.9 Å². The molecule has 0 atom stereocenters. The smallest absolute Gasteiger partial charge is 0.227 e. The second kappa shape index (κ2) is 8.06. The van der Waals surface area contributed by atoms with Gasteiger partial charge in [0.15, 0.2) is 5.82 Å². The van der Waals surface area contributed by atoms with Crippen LogP contribution in [0.5, 0.6) is 0 Å². The van der Waals surface area contributed by atoms with Gasteiger partial charge in [0, 0.05) is 31.2 Å². The Kier molecular flexibility index (Phi) is 5.36. The number of rotatable bonds is 4. The van der Waals surface area contributed by atoms with Crippen molar-refractivity contribution >= 4 is 34.7 Å². The van der Waals surface area contributed by atoms with Crippen LogP contribution >= 0.6 is 22.9 Å². The van der Waals surface area contributed by atoms with Gasteiger partial charge in [-0.25, -0.2) is 0 Å². The van der Waals surface area contributed by atoms with Crippen molar-refractivity contribution in [2.24, 2.45) is 0 Å². The molecule has 5 nitrogen and oxygen atoms in total. The topological polar surface area (TPSA) is 49.3 Å². The number of piperazine rings is 1. The molecule has 1 fully saturated rings. The van der Waals surface area contributed by atoms with Crippen LogP contribution in [-0.4, -0.2) is 47.2 Å². The van der Waals surface area contributed by atoms with Gasteiger partial charge < -0.3 is 9.80 Å². The van der Waals surface area contributed by atoms with E-state index in [0.717, 1.165) is 35.0 Å². The normalized spacial score (nSPS) is 14.4. The minimum absolute atomic E-state index is 0.149. The van der Waals surface area contributed by atoms with E-state index in [0.29, 0.717) is 24.5 Å². The number of aromatic nitrogens is 2. The summed E-state index contributed by atoms with van der Waals surface area (Å²) in [5.41, 5.74) is 1.88. The quantitative estimate of drug-likeness (QED) is 0.671. The van der Waals surface area contributed by atoms with Gasteiger partial charge in [-0.3, -0.25) is 4.79 Å². The molecule has 0 unspecified atom stereocenters. The first-order valence-electron chi connectivity index (χ1n) is 8.84. The molecule has 4 rings (SSSR count). The molecule has 1 aliphatic rings. The van der Waals surface area contributed by atoms with E-state index in [9.17, 15) is 4.79 Å². The lowest BCUT2D eigenvalue weighted by Gasteiger charge is -2.35. The highest BCUT2D eigenvalue weighted by atomic mass is 35.5. The van der Waals surface area contributed by atoms with Crippen LogP contribution in [0.3, 0.4) is 0 Å². The minimum atomic E-state index is 0.149. The molecule has 0 bridgehead atoms. The van der Waals surface area contributed by atoms with Gasteiger partial charge in [-0.05, 0) is 41.3 Å². The number of hydrogen-bond acceptors (Lipinski definition) is 5. The molecule has 3 aromatic rings. The van der Waals surface area contributed by atoms with E-state index in [1.807, 2.05) is 58.8 Å². The van der Waals surface area contributed by atoms with Crippen LogP contribution in [0.25, 0.3) is 10.6 Å². The van der Waals surface area contributed by atoms with Crippen molar-refractivity contribution in [1.29, 1.82) is 0 Å². The maximum Gasteiger partial charge on any atom is 0.227 e. The molecule has 0 spiro atoms. The number of nitrogens with zero attached hydrogens (tertiary/aromatic N) is 4. The number of benzene rings is 1. The summed E-state index contributed by atoms with van der Waals surface area (Å²) in [7, 11) is 0. The summed E-state index contributed by atoms with van der Waals surface area (Å²) < 4.78 is 0. The average Bonchev–Trinajstić information content (AvgIpc) is 3.25. The highest BCUT2D eigenvalue weighted by Crippen LogP contribution is 2.23. The van der Waals surface area contributed by atoms with Gasteiger partial charge in [0.1, 0.15) is 5.69 Å². The highest BCUT2D eigenvalue weighted by molar-refractivity contribution is 7.13. The second-order valence-electron chi connectivity index (χ2n) is 6.43. The third kappa shape index (κ3) is 4.28. The summed E-state index contributed by atoms with van der Waals surface area (Å²) in [6.07, 6.45) is 0.409. The van der Waals surface area contributed by atoms with Gasteiger partial charge in [-0.1, -0.05) is 29.8 Å². The molecule has 1 saturated heterocycles. The average molecular weight is 399 g/mol. The van der Waals surface area contributed by atoms with E-state index in [1.54, 1.807) is 11.3 Å². The van der Waals surface area contributed by atoms with Crippen LogP contribution in [0.4, 0.5) is 5.82 Å². The Balaban J connectivity index is 1.33. The van der Waals surface area contributed by atoms with Crippen LogP contribution in [0, 0.1) is 0 Å². The monoisotopic (exact) mass is 398 g/mol. The molecular weight excluding hydrogens is 380 g/mol. The molecule has 0 aliphatic carbocycles. The third-order valence-corrected chi connectivity index (χ3v) is 5.79. The largest absolute Gasteiger partial charge is 0.352 e. The lowest BCUT2D eigenvalue weighted by molar-refractivity contribution is -0.130. The molecule has 0 saturated carbocycles. The molecule has 1 amide bonds. The van der Waals surface area contributed by atoms with Crippen molar-refractivity contribution in [2.45, 2.75) is 6.42 Å². The fourth-order valence-electron chi connectivity index (χ4n) is 3.12. The predicted octanol–water partition coefficient (Wildman–Crippen LogP) is 3.75. The number of hydrogen-bond donors (Lipinski definition) is 0. The van der Waals surface area contributed by atoms with Gasteiger partial charge >= 0.3 is 0 Å². The third-order valence-electron chi connectivity index (χ3n) is 4.65. The van der Waals surface area contributed by atoms with Crippen molar-refractivity contribution in [3.63, 3.8) is 0 Å². The number of halogens is 1. The molecule has 2 aromatic heterocycles. The second-order valence-corrected chi connectivity index (χ2v) is 7.81. The van der Waals surface area contributed by atoms with E-state index in [4.69, 9.17) is 11.6 Å². The summed E-state index contributed by atoms with van der Waals surface area (Å²) in [5, 5.41) is 11.4. The zero-order valence-corrected chi connectivity index (χ0v) is 16.3. The Morgan fingerprint density at radius 2 is 1.78 bits per heavy atom. The van der Waals surface area contributed by atoms with Crippen molar-refractivity contribution < 1.29 is 4.79 Å². The molecular formula is C20H19ClN4OS. The molecule has 27 heavy (non-hydrogen) atoms. The van der Waals surface area contributed by atoms with Crippen molar-refractivity contribution in [2.75, 3.05) is 31.1 Å². The predicted molar refractivity (Wildman–Crippen MR) is 109 cm³/mol. The number of thiophene rings is 1. The Hall–Kier alpha value is -2.44. The highest BCUT2D eigenvalue weighted by Gasteiger charge is 2.22. The fraction of sp³-hybridized carbons (Fsp3) is 0.250. The van der Waals surface area contributed by atoms with E-state index in [2.05, 4.69) is 15.1 Å². The molecule has 0 radical (unpaired) electrons. The van der Waals surface area contributed by atoms with Crippen LogP contribution in [-0.2, 0) is 11.2 Å². The summed E-state index contributed by atoms with van der Waals surface area (Å²) >= 11 is 7.55. The molecule has 1 aliphatic heterocycles. The SMILES string of the molecule is O=C(Cc1ccc(Cl)cc1)N1CCN(c2ccc(-c3cccs3)nn2)CC1. The van der Waals surface area contributed by atoms with Gasteiger partial charge in [0.25, 0.3) is 0 Å². The molecule has 138 valence electrons. The first-order chi connectivity index (χ1) is 13.2. The lowest BCUT2D eigenvalue weighted by atomic mass is 10.1. The van der Waals surface area contributed by atoms with Gasteiger partial charge in [0.05, 0.1) is 11.3 Å². The standard InChI is InChI=1S/C20H19ClN4OS/c21-16-5-3-15(4-6-16)14-20(26)25-11-9-24(10-12-25)19-8-7-17(22-23-19)18-2-1-13-27-18/h1-8,13H,9-12,14H2. The summed E-state index contributed by atoms with van der Waals surface area (Å²) in [5.74, 6) is 1.01. The molecule has 0 N–H and O–H groups in total. The van der Waals surface area contributed by atoms with E-state index >= 15 is 0 Å². The summed E-state index contributed by atoms with van der Waals surface area (Å²) in [6, 6.07) is 15.5. The molecule has 3 heterocycles.